The van der Waals surface area contributed by atoms with E-state index in [1.165, 1.54) is 22.7 Å². The summed E-state index contributed by atoms with van der Waals surface area (Å²) in [4.78, 5) is 15.1. The maximum atomic E-state index is 10.9. The minimum absolute atomic E-state index is 0.0237. The van der Waals surface area contributed by atoms with E-state index in [9.17, 15) is 9.90 Å². The maximum Gasteiger partial charge on any atom is 0.335 e. The monoisotopic (exact) mass is 255 g/mol. The molecule has 1 aromatic carbocycles. The third-order valence-corrected chi connectivity index (χ3v) is 2.71. The van der Waals surface area contributed by atoms with E-state index in [0.717, 1.165) is 0 Å². The molecule has 2 aromatic heterocycles. The lowest BCUT2D eigenvalue weighted by Crippen LogP contribution is -1.96. The van der Waals surface area contributed by atoms with Crippen LogP contribution in [0.5, 0.6) is 5.75 Å². The topological polar surface area (TPSA) is 87.7 Å². The highest BCUT2D eigenvalue weighted by molar-refractivity contribution is 5.89. The van der Waals surface area contributed by atoms with Gasteiger partial charge in [0.25, 0.3) is 0 Å². The molecule has 0 aliphatic rings. The fourth-order valence-electron chi connectivity index (χ4n) is 1.81. The van der Waals surface area contributed by atoms with E-state index in [0.29, 0.717) is 17.0 Å². The third-order valence-electron chi connectivity index (χ3n) is 2.71. The van der Waals surface area contributed by atoms with Crippen molar-refractivity contribution in [2.75, 3.05) is 0 Å². The number of fused-ring (bicyclic) bond motifs is 1. The zero-order valence-electron chi connectivity index (χ0n) is 9.69. The summed E-state index contributed by atoms with van der Waals surface area (Å²) in [7, 11) is 0. The summed E-state index contributed by atoms with van der Waals surface area (Å²) in [6, 6.07) is 9.51. The van der Waals surface area contributed by atoms with Crippen LogP contribution in [-0.2, 0) is 0 Å². The first-order chi connectivity index (χ1) is 9.15. The van der Waals surface area contributed by atoms with Gasteiger partial charge in [-0.2, -0.15) is 0 Å². The first kappa shape index (κ1) is 11.2. The number of carbonyl (C=O) groups is 1. The third kappa shape index (κ3) is 1.89. The van der Waals surface area contributed by atoms with Crippen LogP contribution in [0, 0.1) is 0 Å². The van der Waals surface area contributed by atoms with E-state index in [1.54, 1.807) is 24.4 Å². The number of carboxylic acid groups (broad SMARTS) is 1. The Kier molecular flexibility index (Phi) is 2.42. The van der Waals surface area contributed by atoms with E-state index >= 15 is 0 Å². The number of hydrogen-bond acceptors (Lipinski definition) is 4. The number of aromatic carboxylic acids is 1. The van der Waals surface area contributed by atoms with Gasteiger partial charge in [0.2, 0.25) is 0 Å². The van der Waals surface area contributed by atoms with Crippen LogP contribution in [0.4, 0.5) is 0 Å². The molecule has 0 aliphatic carbocycles. The minimum atomic E-state index is -1.01. The summed E-state index contributed by atoms with van der Waals surface area (Å²) in [5, 5.41) is 22.8. The molecule has 0 saturated heterocycles. The van der Waals surface area contributed by atoms with Gasteiger partial charge < -0.3 is 10.2 Å². The molecule has 6 nitrogen and oxygen atoms in total. The molecule has 3 aromatic rings. The van der Waals surface area contributed by atoms with Gasteiger partial charge in [0.1, 0.15) is 0 Å². The normalized spacial score (nSPS) is 10.7. The Balaban J connectivity index is 2.16. The number of benzene rings is 1. The quantitative estimate of drug-likeness (QED) is 0.729. The van der Waals surface area contributed by atoms with Crippen molar-refractivity contribution >= 4 is 11.6 Å². The summed E-state index contributed by atoms with van der Waals surface area (Å²) in [6.07, 6.45) is 1.66. The van der Waals surface area contributed by atoms with Crippen LogP contribution in [-0.4, -0.2) is 30.8 Å². The van der Waals surface area contributed by atoms with E-state index in [-0.39, 0.29) is 11.3 Å². The predicted octanol–water partition coefficient (Wildman–Crippen LogP) is 1.80. The molecule has 0 spiro atoms. The summed E-state index contributed by atoms with van der Waals surface area (Å²) in [6.45, 7) is 0. The van der Waals surface area contributed by atoms with Crippen LogP contribution < -0.4 is 0 Å². The van der Waals surface area contributed by atoms with Crippen molar-refractivity contribution in [3.63, 3.8) is 0 Å². The first-order valence-corrected chi connectivity index (χ1v) is 5.53. The van der Waals surface area contributed by atoms with Crippen molar-refractivity contribution in [1.82, 2.24) is 14.6 Å². The highest BCUT2D eigenvalue weighted by Gasteiger charge is 2.11. The van der Waals surface area contributed by atoms with Gasteiger partial charge >= 0.3 is 5.97 Å². The Bertz CT molecular complexity index is 780. The lowest BCUT2D eigenvalue weighted by molar-refractivity contribution is 0.0697. The Morgan fingerprint density at radius 3 is 2.79 bits per heavy atom. The largest absolute Gasteiger partial charge is 0.504 e. The number of pyridine rings is 1. The lowest BCUT2D eigenvalue weighted by Gasteiger charge is -1.97. The molecule has 19 heavy (non-hydrogen) atoms. The second-order valence-electron chi connectivity index (χ2n) is 3.98. The van der Waals surface area contributed by atoms with E-state index < -0.39 is 5.97 Å². The zero-order valence-corrected chi connectivity index (χ0v) is 9.69. The Labute approximate surface area is 107 Å². The van der Waals surface area contributed by atoms with Crippen molar-refractivity contribution in [1.29, 1.82) is 0 Å². The van der Waals surface area contributed by atoms with Crippen molar-refractivity contribution in [3.05, 3.63) is 48.2 Å². The Morgan fingerprint density at radius 2 is 2.05 bits per heavy atom. The predicted molar refractivity (Wildman–Crippen MR) is 67.0 cm³/mol. The zero-order chi connectivity index (χ0) is 13.4. The average Bonchev–Trinajstić information content (AvgIpc) is 2.84. The number of nitrogens with zero attached hydrogens (tertiary/aromatic N) is 3. The molecule has 0 aliphatic heterocycles. The van der Waals surface area contributed by atoms with Gasteiger partial charge in [0.15, 0.2) is 17.2 Å². The highest BCUT2D eigenvalue weighted by Crippen LogP contribution is 2.21. The van der Waals surface area contributed by atoms with Crippen LogP contribution in [0.25, 0.3) is 17.0 Å². The second kappa shape index (κ2) is 4.09. The van der Waals surface area contributed by atoms with Gasteiger partial charge in [-0.1, -0.05) is 12.1 Å². The number of carboxylic acids is 1. The van der Waals surface area contributed by atoms with Crippen LogP contribution >= 0.6 is 0 Å². The van der Waals surface area contributed by atoms with Crippen LogP contribution in [0.15, 0.2) is 42.6 Å². The Morgan fingerprint density at radius 1 is 1.21 bits per heavy atom. The molecule has 0 radical (unpaired) electrons. The van der Waals surface area contributed by atoms with Crippen LogP contribution in [0.2, 0.25) is 0 Å². The SMILES string of the molecule is O=C(O)c1cccc(-c2nc3c(O)cccn3n2)c1. The molecule has 0 fully saturated rings. The molecule has 0 unspecified atom stereocenters. The number of hydrogen-bond donors (Lipinski definition) is 2. The van der Waals surface area contributed by atoms with Gasteiger partial charge in [-0.3, -0.25) is 0 Å². The molecule has 0 saturated carbocycles. The van der Waals surface area contributed by atoms with Gasteiger partial charge in [-0.25, -0.2) is 14.3 Å². The fourth-order valence-corrected chi connectivity index (χ4v) is 1.81. The van der Waals surface area contributed by atoms with Crippen molar-refractivity contribution in [2.45, 2.75) is 0 Å². The molecule has 6 heteroatoms. The standard InChI is InChI=1S/C13H9N3O3/c17-10-5-2-6-16-12(10)14-11(15-16)8-3-1-4-9(7-8)13(18)19/h1-7,17H,(H,18,19). The van der Waals surface area contributed by atoms with Crippen molar-refractivity contribution < 1.29 is 15.0 Å². The number of rotatable bonds is 2. The van der Waals surface area contributed by atoms with Crippen molar-refractivity contribution in [2.24, 2.45) is 0 Å². The first-order valence-electron chi connectivity index (χ1n) is 5.53. The highest BCUT2D eigenvalue weighted by atomic mass is 16.4. The summed E-state index contributed by atoms with van der Waals surface area (Å²) in [5.74, 6) is -0.617. The van der Waals surface area contributed by atoms with Crippen LogP contribution in [0.3, 0.4) is 0 Å². The molecule has 2 N–H and O–H groups in total. The van der Waals surface area contributed by atoms with Gasteiger partial charge in [0.05, 0.1) is 5.56 Å². The minimum Gasteiger partial charge on any atom is -0.504 e. The van der Waals surface area contributed by atoms with E-state index in [4.69, 9.17) is 5.11 Å². The van der Waals surface area contributed by atoms with Gasteiger partial charge in [-0.15, -0.1) is 5.10 Å². The molecule has 0 atom stereocenters. The summed E-state index contributed by atoms with van der Waals surface area (Å²) in [5.41, 5.74) is 1.09. The molecule has 0 amide bonds. The molecular formula is C13H9N3O3. The number of aromatic nitrogens is 3. The molecule has 0 bridgehead atoms. The molecule has 3 rings (SSSR count). The molecule has 94 valence electrons. The summed E-state index contributed by atoms with van der Waals surface area (Å²) < 4.78 is 1.44. The lowest BCUT2D eigenvalue weighted by atomic mass is 10.1. The average molecular weight is 255 g/mol. The Hall–Kier alpha value is -2.89. The van der Waals surface area contributed by atoms with Gasteiger partial charge in [0, 0.05) is 11.8 Å². The molecule has 2 heterocycles. The molecular weight excluding hydrogens is 246 g/mol. The second-order valence-corrected chi connectivity index (χ2v) is 3.98. The van der Waals surface area contributed by atoms with E-state index in [1.807, 2.05) is 0 Å². The van der Waals surface area contributed by atoms with Crippen LogP contribution in [0.1, 0.15) is 10.4 Å². The van der Waals surface area contributed by atoms with Gasteiger partial charge in [-0.05, 0) is 24.3 Å². The smallest absolute Gasteiger partial charge is 0.335 e. The number of aromatic hydroxyl groups is 1. The fraction of sp³-hybridized carbons (Fsp3) is 0. The summed E-state index contributed by atoms with van der Waals surface area (Å²) >= 11 is 0. The van der Waals surface area contributed by atoms with Crippen molar-refractivity contribution in [3.8, 4) is 17.1 Å². The van der Waals surface area contributed by atoms with E-state index in [2.05, 4.69) is 10.1 Å². The maximum absolute atomic E-state index is 10.9.